The fourth-order valence-corrected chi connectivity index (χ4v) is 8.22. The fourth-order valence-electron chi connectivity index (χ4n) is 8.22. The first-order chi connectivity index (χ1) is 36.5. The van der Waals surface area contributed by atoms with Gasteiger partial charge in [0.15, 0.2) is 12.7 Å². The highest BCUT2D eigenvalue weighted by Crippen LogP contribution is 2.41. The minimum absolute atomic E-state index is 0.0130. The Morgan fingerprint density at radius 1 is 0.425 bits per heavy atom. The Morgan fingerprint density at radius 3 is 1.02 bits per heavy atom. The van der Waals surface area contributed by atoms with Crippen molar-refractivity contribution in [2.45, 2.75) is 56.0 Å². The lowest BCUT2D eigenvalue weighted by Gasteiger charge is -2.46. The Labute approximate surface area is 431 Å². The van der Waals surface area contributed by atoms with Crippen LogP contribution in [0.4, 0.5) is 111 Å². The quantitative estimate of drug-likeness (QED) is 0.0475. The van der Waals surface area contributed by atoms with E-state index in [9.17, 15) is 115 Å². The van der Waals surface area contributed by atoms with Gasteiger partial charge < -0.3 is 4.74 Å². The Morgan fingerprint density at radius 2 is 0.738 bits per heavy atom. The van der Waals surface area contributed by atoms with E-state index in [0.29, 0.717) is 18.2 Å². The normalized spacial score (nSPS) is 13.2. The lowest BCUT2D eigenvalue weighted by molar-refractivity contribution is -0.692. The van der Waals surface area contributed by atoms with E-state index in [1.165, 1.54) is 12.1 Å². The summed E-state index contributed by atoms with van der Waals surface area (Å²) in [6.45, 7) is 0.619. The third-order valence-electron chi connectivity index (χ3n) is 11.7. The fraction of sp³-hybridized carbons (Fsp3) is 0.184. The molecule has 31 heteroatoms. The van der Waals surface area contributed by atoms with Gasteiger partial charge in [-0.15, -0.1) is 0 Å². The number of ether oxygens (including phenoxy) is 1. The molecule has 0 fully saturated rings. The van der Waals surface area contributed by atoms with Crippen molar-refractivity contribution >= 4 is 33.7 Å². The molecule has 0 atom stereocenters. The second-order valence-electron chi connectivity index (χ2n) is 17.1. The van der Waals surface area contributed by atoms with Crippen LogP contribution in [0.25, 0.3) is 0 Å². The Balaban J connectivity index is 0.000000370. The molecule has 0 radical (unpaired) electrons. The minimum atomic E-state index is -6.13. The van der Waals surface area contributed by atoms with Crippen LogP contribution in [0.5, 0.6) is 11.6 Å². The number of alkyl halides is 24. The van der Waals surface area contributed by atoms with Gasteiger partial charge in [-0.05, 0) is 30.3 Å². The summed E-state index contributed by atoms with van der Waals surface area (Å²) in [4.78, 5) is 14.5. The first kappa shape index (κ1) is 61.2. The number of rotatable bonds is 9. The maximum atomic E-state index is 14.2. The lowest BCUT2D eigenvalue weighted by atomic mass is 9.12. The van der Waals surface area contributed by atoms with E-state index < -0.39 is 200 Å². The molecule has 0 amide bonds. The van der Waals surface area contributed by atoms with Gasteiger partial charge in [-0.3, -0.25) is 10.1 Å². The summed E-state index contributed by atoms with van der Waals surface area (Å²) < 4.78 is 348. The van der Waals surface area contributed by atoms with Gasteiger partial charge in [0.05, 0.1) is 61.7 Å². The van der Waals surface area contributed by atoms with Crippen LogP contribution in [0, 0.1) is 10.1 Å². The van der Waals surface area contributed by atoms with Crippen LogP contribution < -0.4 is 31.2 Å². The zero-order valence-electron chi connectivity index (χ0n) is 38.8. The average molecular weight is 1170 g/mol. The summed E-state index contributed by atoms with van der Waals surface area (Å²) in [6, 6.07) is 7.20. The molecular weight excluding hydrogens is 1150 g/mol. The molecule has 0 saturated heterocycles. The number of hydrogen-bond acceptors (Lipinski definition) is 4. The minimum Gasteiger partial charge on any atom is -0.404 e. The highest BCUT2D eigenvalue weighted by atomic mass is 19.4. The Bertz CT molecular complexity index is 2940. The molecule has 1 aromatic heterocycles. The zero-order valence-corrected chi connectivity index (χ0v) is 38.8. The van der Waals surface area contributed by atoms with Gasteiger partial charge in [0.2, 0.25) is 0 Å². The van der Waals surface area contributed by atoms with Crippen LogP contribution in [0.3, 0.4) is 0 Å². The van der Waals surface area contributed by atoms with Gasteiger partial charge in [-0.25, -0.2) is 4.98 Å². The van der Waals surface area contributed by atoms with E-state index in [2.05, 4.69) is 4.98 Å². The van der Waals surface area contributed by atoms with Crippen molar-refractivity contribution in [2.75, 3.05) is 0 Å². The van der Waals surface area contributed by atoms with Crippen molar-refractivity contribution in [1.29, 1.82) is 0 Å². The SMILES string of the molecule is FC(F)(F)c1cc([B-](c2cc(C(F)(F)F)cc(C(F)(F)F)c2)(c2cc(C(F)(F)F)cc(C(F)(F)F)c2)c2cc(C(F)(F)F)cc(C(F)(F)F)c2)cc(C(F)(F)F)c1.O=[N+]([O-])c1cccc(Oc2cncc[n+]2Cc2ccccc2)c1. The van der Waals surface area contributed by atoms with Crippen LogP contribution >= 0.6 is 0 Å². The van der Waals surface area contributed by atoms with Crippen molar-refractivity contribution in [3.63, 3.8) is 0 Å². The summed E-state index contributed by atoms with van der Waals surface area (Å²) in [7, 11) is 0. The zero-order chi connectivity index (χ0) is 60.0. The summed E-state index contributed by atoms with van der Waals surface area (Å²) in [5.74, 6) is 0.908. The Kier molecular flexibility index (Phi) is 16.5. The molecule has 0 bridgehead atoms. The van der Waals surface area contributed by atoms with Crippen LogP contribution in [-0.2, 0) is 56.0 Å². The van der Waals surface area contributed by atoms with Crippen molar-refractivity contribution in [2.24, 2.45) is 0 Å². The summed E-state index contributed by atoms with van der Waals surface area (Å²) in [5.41, 5.74) is -29.1. The molecule has 0 aliphatic rings. The maximum Gasteiger partial charge on any atom is 0.416 e. The molecule has 0 N–H and O–H groups in total. The molecule has 0 saturated carbocycles. The largest absolute Gasteiger partial charge is 0.416 e. The van der Waals surface area contributed by atoms with Gasteiger partial charge in [-0.1, -0.05) is 84.9 Å². The molecule has 7 aromatic rings. The van der Waals surface area contributed by atoms with E-state index in [1.54, 1.807) is 30.7 Å². The highest BCUT2D eigenvalue weighted by Gasteiger charge is 2.47. The number of nitrogens with zero attached hydrogens (tertiary/aromatic N) is 3. The Hall–Kier alpha value is -8.02. The van der Waals surface area contributed by atoms with Gasteiger partial charge >= 0.3 is 55.3 Å². The number of halogens is 24. The molecule has 0 aliphatic heterocycles. The average Bonchev–Trinajstić information content (AvgIpc) is 3.34. The van der Waals surface area contributed by atoms with Crippen molar-refractivity contribution in [3.8, 4) is 11.6 Å². The third-order valence-corrected chi connectivity index (χ3v) is 11.7. The van der Waals surface area contributed by atoms with E-state index in [1.807, 2.05) is 34.9 Å². The predicted octanol–water partition coefficient (Wildman–Crippen LogP) is 14.3. The molecule has 1 heterocycles. The number of nitro groups is 1. The second kappa shape index (κ2) is 21.6. The number of aromatic nitrogens is 2. The highest BCUT2D eigenvalue weighted by molar-refractivity contribution is 7.20. The standard InChI is InChI=1S/C32H12BF24.C17H14N3O3/c34-25(35,36)13-1-14(26(37,38)39)6-21(5-13)33(22-7-15(27(40,41)42)2-16(8-22)28(43,44)45,23-9-17(29(46,47)48)3-18(10-23)30(49,50)51)24-11-19(31(52,53)54)4-20(12-24)32(55,56)57;21-20(22)15-7-4-8-16(11-15)23-17-12-18-9-10-19(17)13-14-5-2-1-3-6-14/h1-12H;1-12H,13H2/q-1;+1. The van der Waals surface area contributed by atoms with Crippen molar-refractivity contribution < 1.29 is 120 Å². The molecule has 6 aromatic carbocycles. The first-order valence-corrected chi connectivity index (χ1v) is 21.6. The number of hydrogen-bond donors (Lipinski definition) is 0. The van der Waals surface area contributed by atoms with E-state index in [-0.39, 0.29) is 5.69 Å². The number of benzene rings is 6. The van der Waals surface area contributed by atoms with Crippen LogP contribution in [-0.4, -0.2) is 16.1 Å². The molecular formula is C49H26BF24N3O3. The third kappa shape index (κ3) is 14.2. The molecule has 426 valence electrons. The smallest absolute Gasteiger partial charge is 0.404 e. The van der Waals surface area contributed by atoms with Crippen molar-refractivity contribution in [1.82, 2.24) is 4.98 Å². The first-order valence-electron chi connectivity index (χ1n) is 21.6. The van der Waals surface area contributed by atoms with Crippen LogP contribution in [0.1, 0.15) is 50.1 Å². The van der Waals surface area contributed by atoms with Crippen molar-refractivity contribution in [3.05, 3.63) is 206 Å². The molecule has 7 rings (SSSR count). The van der Waals surface area contributed by atoms with Crippen LogP contribution in [0.2, 0.25) is 0 Å². The topological polar surface area (TPSA) is 69.1 Å². The molecule has 6 nitrogen and oxygen atoms in total. The maximum absolute atomic E-state index is 14.2. The summed E-state index contributed by atoms with van der Waals surface area (Å²) in [5, 5.41) is 10.8. The lowest BCUT2D eigenvalue weighted by Crippen LogP contribution is -2.75. The number of nitro benzene ring substituents is 1. The van der Waals surface area contributed by atoms with E-state index in [4.69, 9.17) is 4.74 Å². The van der Waals surface area contributed by atoms with Gasteiger partial charge in [0, 0.05) is 11.6 Å². The van der Waals surface area contributed by atoms with E-state index >= 15 is 0 Å². The van der Waals surface area contributed by atoms with Gasteiger partial charge in [0.1, 0.15) is 18.1 Å². The van der Waals surface area contributed by atoms with Gasteiger partial charge in [0.25, 0.3) is 5.69 Å². The van der Waals surface area contributed by atoms with E-state index in [0.717, 1.165) is 5.56 Å². The van der Waals surface area contributed by atoms with Crippen LogP contribution in [0.15, 0.2) is 146 Å². The molecule has 0 aliphatic carbocycles. The predicted molar refractivity (Wildman–Crippen MR) is 233 cm³/mol. The summed E-state index contributed by atoms with van der Waals surface area (Å²) >= 11 is 0. The van der Waals surface area contributed by atoms with Gasteiger partial charge in [-0.2, -0.15) is 132 Å². The summed E-state index contributed by atoms with van der Waals surface area (Å²) in [6.07, 6.45) is -49.7. The monoisotopic (exact) mass is 1170 g/mol. The molecule has 0 unspecified atom stereocenters. The molecule has 80 heavy (non-hydrogen) atoms. The second-order valence-corrected chi connectivity index (χ2v) is 17.1. The molecule has 0 spiro atoms. The number of non-ortho nitro benzene ring substituents is 1.